The number of carbonyl (C=O) groups is 1. The molecule has 3 rings (SSSR count). The fourth-order valence-electron chi connectivity index (χ4n) is 2.18. The van der Waals surface area contributed by atoms with Crippen molar-refractivity contribution < 1.29 is 4.79 Å². The lowest BCUT2D eigenvalue weighted by molar-refractivity contribution is 0.0984. The molecule has 0 aliphatic carbocycles. The number of amides is 1. The Hall–Kier alpha value is -2.43. The van der Waals surface area contributed by atoms with Crippen molar-refractivity contribution in [1.82, 2.24) is 9.97 Å². The van der Waals surface area contributed by atoms with Crippen LogP contribution in [0, 0.1) is 0 Å². The van der Waals surface area contributed by atoms with E-state index in [4.69, 9.17) is 5.73 Å². The van der Waals surface area contributed by atoms with Gasteiger partial charge in [-0.15, -0.1) is 0 Å². The number of benzene rings is 1. The smallest absolute Gasteiger partial charge is 0.278 e. The highest BCUT2D eigenvalue weighted by Gasteiger charge is 2.26. The fourth-order valence-corrected chi connectivity index (χ4v) is 2.18. The summed E-state index contributed by atoms with van der Waals surface area (Å²) in [6.07, 6.45) is 5.38. The van der Waals surface area contributed by atoms with E-state index in [1.165, 1.54) is 12.4 Å². The van der Waals surface area contributed by atoms with Crippen LogP contribution in [0.15, 0.2) is 36.8 Å². The summed E-state index contributed by atoms with van der Waals surface area (Å²) in [5, 5.41) is 0. The molecule has 0 fully saturated rings. The minimum Gasteiger partial charge on any atom is -0.399 e. The van der Waals surface area contributed by atoms with Crippen molar-refractivity contribution in [3.8, 4) is 0 Å². The van der Waals surface area contributed by atoms with Gasteiger partial charge in [-0.05, 0) is 30.2 Å². The molecule has 1 aliphatic rings. The van der Waals surface area contributed by atoms with Crippen LogP contribution >= 0.6 is 0 Å². The summed E-state index contributed by atoms with van der Waals surface area (Å²) in [7, 11) is 0. The maximum Gasteiger partial charge on any atom is 0.278 e. The van der Waals surface area contributed by atoms with Crippen molar-refractivity contribution in [2.24, 2.45) is 0 Å². The number of nitrogens with zero attached hydrogens (tertiary/aromatic N) is 3. The maximum atomic E-state index is 12.3. The molecule has 0 bridgehead atoms. The van der Waals surface area contributed by atoms with Gasteiger partial charge in [-0.3, -0.25) is 9.78 Å². The van der Waals surface area contributed by atoms with Crippen LogP contribution in [0.5, 0.6) is 0 Å². The van der Waals surface area contributed by atoms with Gasteiger partial charge in [0.05, 0.1) is 6.20 Å². The second-order valence-corrected chi connectivity index (χ2v) is 4.19. The van der Waals surface area contributed by atoms with E-state index in [0.717, 1.165) is 23.4 Å². The van der Waals surface area contributed by atoms with E-state index in [2.05, 4.69) is 9.97 Å². The lowest BCUT2D eigenvalue weighted by Crippen LogP contribution is -2.29. The molecule has 2 aromatic rings. The van der Waals surface area contributed by atoms with Gasteiger partial charge in [0, 0.05) is 30.3 Å². The molecule has 1 amide bonds. The van der Waals surface area contributed by atoms with Gasteiger partial charge in [0.1, 0.15) is 5.69 Å². The Balaban J connectivity index is 1.95. The number of carbonyl (C=O) groups excluding carboxylic acids is 1. The number of fused-ring (bicyclic) bond motifs is 1. The Bertz CT molecular complexity index is 597. The summed E-state index contributed by atoms with van der Waals surface area (Å²) >= 11 is 0. The lowest BCUT2D eigenvalue weighted by Gasteiger charge is -2.16. The van der Waals surface area contributed by atoms with Crippen LogP contribution in [0.4, 0.5) is 11.4 Å². The van der Waals surface area contributed by atoms with Crippen LogP contribution in [-0.2, 0) is 6.42 Å². The molecular formula is C13H12N4O. The summed E-state index contributed by atoms with van der Waals surface area (Å²) < 4.78 is 0. The standard InChI is InChI=1S/C13H12N4O/c14-10-1-2-12-9(7-10)3-6-17(12)13(18)11-8-15-4-5-16-11/h1-2,4-5,7-8H,3,6,14H2. The van der Waals surface area contributed by atoms with Gasteiger partial charge in [0.15, 0.2) is 0 Å². The summed E-state index contributed by atoms with van der Waals surface area (Å²) in [6, 6.07) is 5.60. The number of hydrogen-bond acceptors (Lipinski definition) is 4. The predicted molar refractivity (Wildman–Crippen MR) is 68.3 cm³/mol. The highest BCUT2D eigenvalue weighted by molar-refractivity contribution is 6.05. The average molecular weight is 240 g/mol. The van der Waals surface area contributed by atoms with Crippen molar-refractivity contribution in [1.29, 1.82) is 0 Å². The van der Waals surface area contributed by atoms with Crippen LogP contribution in [0.2, 0.25) is 0 Å². The van der Waals surface area contributed by atoms with Crippen molar-refractivity contribution >= 4 is 17.3 Å². The van der Waals surface area contributed by atoms with Gasteiger partial charge >= 0.3 is 0 Å². The first-order valence-electron chi connectivity index (χ1n) is 5.72. The summed E-state index contributed by atoms with van der Waals surface area (Å²) in [4.78, 5) is 22.0. The molecule has 0 saturated carbocycles. The normalized spacial score (nSPS) is 13.4. The first-order valence-corrected chi connectivity index (χ1v) is 5.72. The Labute approximate surface area is 104 Å². The minimum atomic E-state index is -0.119. The number of hydrogen-bond donors (Lipinski definition) is 1. The number of nitrogens with two attached hydrogens (primary N) is 1. The molecular weight excluding hydrogens is 228 g/mol. The third-order valence-corrected chi connectivity index (χ3v) is 3.03. The molecule has 5 nitrogen and oxygen atoms in total. The van der Waals surface area contributed by atoms with Crippen molar-refractivity contribution in [3.05, 3.63) is 48.0 Å². The molecule has 1 aromatic carbocycles. The molecule has 0 radical (unpaired) electrons. The van der Waals surface area contributed by atoms with Crippen LogP contribution in [-0.4, -0.2) is 22.4 Å². The number of nitrogen functional groups attached to an aromatic ring is 1. The van der Waals surface area contributed by atoms with Gasteiger partial charge in [-0.2, -0.15) is 0 Å². The number of aromatic nitrogens is 2. The zero-order valence-electron chi connectivity index (χ0n) is 9.71. The Morgan fingerprint density at radius 2 is 2.22 bits per heavy atom. The summed E-state index contributed by atoms with van der Waals surface area (Å²) in [5.74, 6) is -0.119. The van der Waals surface area contributed by atoms with Crippen LogP contribution in [0.1, 0.15) is 16.1 Å². The lowest BCUT2D eigenvalue weighted by atomic mass is 10.1. The predicted octanol–water partition coefficient (Wildman–Crippen LogP) is 1.26. The molecule has 1 aliphatic heterocycles. The van der Waals surface area contributed by atoms with E-state index >= 15 is 0 Å². The minimum absolute atomic E-state index is 0.119. The second-order valence-electron chi connectivity index (χ2n) is 4.19. The third-order valence-electron chi connectivity index (χ3n) is 3.03. The van der Waals surface area contributed by atoms with Crippen molar-refractivity contribution in [2.45, 2.75) is 6.42 Å². The summed E-state index contributed by atoms with van der Waals surface area (Å²) in [5.41, 5.74) is 8.85. The highest BCUT2D eigenvalue weighted by Crippen LogP contribution is 2.30. The largest absolute Gasteiger partial charge is 0.399 e. The molecule has 5 heteroatoms. The fraction of sp³-hybridized carbons (Fsp3) is 0.154. The molecule has 18 heavy (non-hydrogen) atoms. The van der Waals surface area contributed by atoms with Crippen molar-refractivity contribution in [2.75, 3.05) is 17.2 Å². The molecule has 0 unspecified atom stereocenters. The Morgan fingerprint density at radius 1 is 1.33 bits per heavy atom. The molecule has 0 atom stereocenters. The second kappa shape index (κ2) is 4.10. The zero-order valence-corrected chi connectivity index (χ0v) is 9.71. The molecule has 1 aromatic heterocycles. The highest BCUT2D eigenvalue weighted by atomic mass is 16.2. The molecule has 0 saturated heterocycles. The van der Waals surface area contributed by atoms with E-state index in [1.54, 1.807) is 17.2 Å². The van der Waals surface area contributed by atoms with Gasteiger partial charge < -0.3 is 10.6 Å². The van der Waals surface area contributed by atoms with E-state index < -0.39 is 0 Å². The number of rotatable bonds is 1. The maximum absolute atomic E-state index is 12.3. The van der Waals surface area contributed by atoms with E-state index in [9.17, 15) is 4.79 Å². The molecule has 2 heterocycles. The average Bonchev–Trinajstić information content (AvgIpc) is 2.81. The molecule has 0 spiro atoms. The first-order chi connectivity index (χ1) is 8.75. The van der Waals surface area contributed by atoms with Gasteiger partial charge in [0.2, 0.25) is 0 Å². The van der Waals surface area contributed by atoms with Crippen molar-refractivity contribution in [3.63, 3.8) is 0 Å². The molecule has 90 valence electrons. The molecule has 2 N–H and O–H groups in total. The summed E-state index contributed by atoms with van der Waals surface area (Å²) in [6.45, 7) is 0.661. The Kier molecular flexibility index (Phi) is 2.44. The number of anilines is 2. The van der Waals surface area contributed by atoms with Crippen LogP contribution < -0.4 is 10.6 Å². The van der Waals surface area contributed by atoms with Gasteiger partial charge in [-0.1, -0.05) is 0 Å². The van der Waals surface area contributed by atoms with Crippen LogP contribution in [0.3, 0.4) is 0 Å². The third kappa shape index (κ3) is 1.69. The SMILES string of the molecule is Nc1ccc2c(c1)CCN2C(=O)c1cnccn1. The van der Waals surface area contributed by atoms with Gasteiger partial charge in [0.25, 0.3) is 5.91 Å². The topological polar surface area (TPSA) is 72.1 Å². The first kappa shape index (κ1) is 10.7. The quantitative estimate of drug-likeness (QED) is 0.762. The van der Waals surface area contributed by atoms with E-state index in [-0.39, 0.29) is 5.91 Å². The van der Waals surface area contributed by atoms with E-state index in [0.29, 0.717) is 12.2 Å². The van der Waals surface area contributed by atoms with Crippen LogP contribution in [0.25, 0.3) is 0 Å². The zero-order chi connectivity index (χ0) is 12.5. The monoisotopic (exact) mass is 240 g/mol. The van der Waals surface area contributed by atoms with Gasteiger partial charge in [-0.25, -0.2) is 4.98 Å². The Morgan fingerprint density at radius 3 is 3.00 bits per heavy atom. The van der Waals surface area contributed by atoms with E-state index in [1.807, 2.05) is 12.1 Å².